The Hall–Kier alpha value is -4.91. The standard InChI is InChI=1S/C20H12F9N7O4/c21-18(22,23)10-2-1-3-11(7-10)31-15-32-16(34-17(33-15)40-14(19(24,25)26)20(27,28)29)35-30-8-9-6-12(36(38)39)4-5-13(9)37/h1-8,14,37H,(H2,31,32,33,34,35)/b30-8+. The van der Waals surface area contributed by atoms with E-state index in [1.165, 1.54) is 0 Å². The van der Waals surface area contributed by atoms with Crippen molar-refractivity contribution in [1.82, 2.24) is 15.0 Å². The number of alkyl halides is 9. The van der Waals surface area contributed by atoms with Gasteiger partial charge in [-0.15, -0.1) is 0 Å². The third-order valence-electron chi connectivity index (χ3n) is 4.47. The number of ether oxygens (including phenoxy) is 1. The van der Waals surface area contributed by atoms with Crippen LogP contribution in [0.4, 0.5) is 62.8 Å². The van der Waals surface area contributed by atoms with Crippen LogP contribution >= 0.6 is 0 Å². The number of rotatable bonds is 8. The molecule has 1 aromatic heterocycles. The Kier molecular flexibility index (Phi) is 8.20. The van der Waals surface area contributed by atoms with Crippen LogP contribution in [0.1, 0.15) is 11.1 Å². The number of non-ortho nitro benzene ring substituents is 1. The smallest absolute Gasteiger partial charge is 0.434 e. The van der Waals surface area contributed by atoms with E-state index in [0.717, 1.165) is 36.5 Å². The average molecular weight is 585 g/mol. The van der Waals surface area contributed by atoms with E-state index in [2.05, 4.69) is 30.1 Å². The zero-order valence-electron chi connectivity index (χ0n) is 19.0. The molecule has 0 spiro atoms. The van der Waals surface area contributed by atoms with Crippen molar-refractivity contribution >= 4 is 29.5 Å². The first-order chi connectivity index (χ1) is 18.4. The maximum atomic E-state index is 13.0. The quantitative estimate of drug-likeness (QED) is 0.134. The van der Waals surface area contributed by atoms with Gasteiger partial charge < -0.3 is 15.2 Å². The topological polar surface area (TPSA) is 148 Å². The second-order valence-electron chi connectivity index (χ2n) is 7.42. The number of anilines is 3. The lowest BCUT2D eigenvalue weighted by Gasteiger charge is -2.22. The Morgan fingerprint density at radius 2 is 1.60 bits per heavy atom. The Morgan fingerprint density at radius 3 is 2.20 bits per heavy atom. The van der Waals surface area contributed by atoms with Gasteiger partial charge in [-0.2, -0.15) is 59.6 Å². The van der Waals surface area contributed by atoms with E-state index >= 15 is 0 Å². The summed E-state index contributed by atoms with van der Waals surface area (Å²) in [5.74, 6) is -2.23. The Bertz CT molecular complexity index is 1400. The molecule has 40 heavy (non-hydrogen) atoms. The highest BCUT2D eigenvalue weighted by Crippen LogP contribution is 2.36. The molecule has 0 saturated carbocycles. The van der Waals surface area contributed by atoms with Crippen LogP contribution in [-0.4, -0.2) is 49.7 Å². The van der Waals surface area contributed by atoms with Gasteiger partial charge in [0.25, 0.3) is 17.7 Å². The molecule has 0 amide bonds. The van der Waals surface area contributed by atoms with Crippen molar-refractivity contribution in [2.75, 3.05) is 10.7 Å². The highest BCUT2D eigenvalue weighted by atomic mass is 19.4. The van der Waals surface area contributed by atoms with Crippen LogP contribution in [-0.2, 0) is 6.18 Å². The minimum absolute atomic E-state index is 0.247. The summed E-state index contributed by atoms with van der Waals surface area (Å²) in [6.07, 6.45) is -20.4. The van der Waals surface area contributed by atoms with Crippen molar-refractivity contribution in [3.63, 3.8) is 0 Å². The van der Waals surface area contributed by atoms with Crippen molar-refractivity contribution in [2.45, 2.75) is 24.6 Å². The molecule has 214 valence electrons. The number of hydrogen-bond acceptors (Lipinski definition) is 10. The van der Waals surface area contributed by atoms with Crippen molar-refractivity contribution in [2.24, 2.45) is 5.10 Å². The molecule has 0 aliphatic carbocycles. The van der Waals surface area contributed by atoms with Gasteiger partial charge in [0.05, 0.1) is 16.7 Å². The summed E-state index contributed by atoms with van der Waals surface area (Å²) < 4.78 is 121. The van der Waals surface area contributed by atoms with Crippen molar-refractivity contribution < 1.29 is 54.3 Å². The van der Waals surface area contributed by atoms with Crippen LogP contribution in [0.2, 0.25) is 0 Å². The predicted octanol–water partition coefficient (Wildman–Crippen LogP) is 5.57. The minimum atomic E-state index is -5.97. The number of nitro benzene ring substituents is 1. The molecule has 0 bridgehead atoms. The van der Waals surface area contributed by atoms with Crippen molar-refractivity contribution in [3.8, 4) is 11.8 Å². The van der Waals surface area contributed by atoms with Crippen LogP contribution in [0.5, 0.6) is 11.8 Å². The second-order valence-corrected chi connectivity index (χ2v) is 7.42. The highest BCUT2D eigenvalue weighted by molar-refractivity contribution is 5.84. The minimum Gasteiger partial charge on any atom is -0.507 e. The number of phenols is 1. The first kappa shape index (κ1) is 29.6. The molecule has 0 radical (unpaired) electrons. The van der Waals surface area contributed by atoms with Gasteiger partial charge in [-0.1, -0.05) is 6.07 Å². The number of nitro groups is 1. The molecule has 3 N–H and O–H groups in total. The molecule has 11 nitrogen and oxygen atoms in total. The molecule has 2 aromatic carbocycles. The van der Waals surface area contributed by atoms with E-state index in [0.29, 0.717) is 12.1 Å². The van der Waals surface area contributed by atoms with Gasteiger partial charge in [-0.3, -0.25) is 10.1 Å². The molecular formula is C20H12F9N7O4. The zero-order valence-corrected chi connectivity index (χ0v) is 19.0. The molecular weight excluding hydrogens is 573 g/mol. The predicted molar refractivity (Wildman–Crippen MR) is 117 cm³/mol. The van der Waals surface area contributed by atoms with Crippen LogP contribution in [0.25, 0.3) is 0 Å². The first-order valence-electron chi connectivity index (χ1n) is 10.2. The van der Waals surface area contributed by atoms with Gasteiger partial charge in [0.1, 0.15) is 5.75 Å². The number of halogens is 9. The number of hydrogen-bond donors (Lipinski definition) is 3. The SMILES string of the molecule is O=[N+]([O-])c1ccc(O)c(/C=N/Nc2nc(Nc3cccc(C(F)(F)F)c3)nc(OC(C(F)(F)F)C(F)(F)F)n2)c1. The third-order valence-corrected chi connectivity index (χ3v) is 4.47. The second kappa shape index (κ2) is 11.1. The Morgan fingerprint density at radius 1 is 0.950 bits per heavy atom. The molecule has 1 heterocycles. The largest absolute Gasteiger partial charge is 0.507 e. The van der Waals surface area contributed by atoms with Gasteiger partial charge in [-0.25, -0.2) is 5.43 Å². The summed E-state index contributed by atoms with van der Waals surface area (Å²) in [7, 11) is 0. The molecule has 20 heteroatoms. The van der Waals surface area contributed by atoms with Crippen LogP contribution in [0.15, 0.2) is 47.6 Å². The lowest BCUT2D eigenvalue weighted by atomic mass is 10.2. The van der Waals surface area contributed by atoms with Crippen molar-refractivity contribution in [1.29, 1.82) is 0 Å². The lowest BCUT2D eigenvalue weighted by Crippen LogP contribution is -2.46. The highest BCUT2D eigenvalue weighted by Gasteiger charge is 2.59. The fourth-order valence-electron chi connectivity index (χ4n) is 2.76. The summed E-state index contributed by atoms with van der Waals surface area (Å²) >= 11 is 0. The summed E-state index contributed by atoms with van der Waals surface area (Å²) in [4.78, 5) is 20.2. The Balaban J connectivity index is 1.98. The molecule has 0 atom stereocenters. The van der Waals surface area contributed by atoms with E-state index in [-0.39, 0.29) is 11.3 Å². The van der Waals surface area contributed by atoms with E-state index in [1.807, 2.05) is 5.43 Å². The first-order valence-corrected chi connectivity index (χ1v) is 10.2. The summed E-state index contributed by atoms with van der Waals surface area (Å²) in [5, 5.41) is 26.3. The number of phenolic OH excluding ortho intramolecular Hbond substituents is 1. The van der Waals surface area contributed by atoms with Gasteiger partial charge in [0.15, 0.2) is 0 Å². The number of nitrogens with zero attached hydrogens (tertiary/aromatic N) is 5. The third kappa shape index (κ3) is 7.80. The summed E-state index contributed by atoms with van der Waals surface area (Å²) in [5.41, 5.74) is -0.250. The number of benzene rings is 2. The molecule has 3 aromatic rings. The normalized spacial score (nSPS) is 12.6. The van der Waals surface area contributed by atoms with E-state index in [9.17, 15) is 54.7 Å². The number of aromatic nitrogens is 3. The average Bonchev–Trinajstić information content (AvgIpc) is 2.82. The summed E-state index contributed by atoms with van der Waals surface area (Å²) in [6.45, 7) is 0. The molecule has 0 fully saturated rings. The number of aromatic hydroxyl groups is 1. The molecule has 0 unspecified atom stereocenters. The molecule has 0 aliphatic rings. The van der Waals surface area contributed by atoms with Crippen LogP contribution in [0.3, 0.4) is 0 Å². The maximum Gasteiger partial charge on any atom is 0.434 e. The van der Waals surface area contributed by atoms with E-state index in [4.69, 9.17) is 0 Å². The van der Waals surface area contributed by atoms with Gasteiger partial charge in [0.2, 0.25) is 5.95 Å². The fraction of sp³-hybridized carbons (Fsp3) is 0.200. The number of nitrogens with one attached hydrogen (secondary N) is 2. The monoisotopic (exact) mass is 585 g/mol. The van der Waals surface area contributed by atoms with E-state index < -0.39 is 64.5 Å². The fourth-order valence-corrected chi connectivity index (χ4v) is 2.76. The van der Waals surface area contributed by atoms with Gasteiger partial charge in [-0.05, 0) is 24.3 Å². The Labute approximate surface area is 215 Å². The molecule has 0 aliphatic heterocycles. The van der Waals surface area contributed by atoms with Crippen LogP contribution in [0, 0.1) is 10.1 Å². The molecule has 3 rings (SSSR count). The van der Waals surface area contributed by atoms with E-state index in [1.54, 1.807) is 0 Å². The van der Waals surface area contributed by atoms with Gasteiger partial charge in [0, 0.05) is 23.4 Å². The summed E-state index contributed by atoms with van der Waals surface area (Å²) in [6, 6.07) is 4.47. The van der Waals surface area contributed by atoms with Crippen LogP contribution < -0.4 is 15.5 Å². The zero-order chi connectivity index (χ0) is 29.9. The molecule has 0 saturated heterocycles. The van der Waals surface area contributed by atoms with Gasteiger partial charge >= 0.3 is 24.5 Å². The number of hydrazone groups is 1. The van der Waals surface area contributed by atoms with Crippen molar-refractivity contribution in [3.05, 3.63) is 63.7 Å². The lowest BCUT2D eigenvalue weighted by molar-refractivity contribution is -0.384. The maximum absolute atomic E-state index is 13.0.